The summed E-state index contributed by atoms with van der Waals surface area (Å²) in [7, 11) is -2.36. The van der Waals surface area contributed by atoms with Crippen molar-refractivity contribution in [2.75, 3.05) is 17.6 Å². The van der Waals surface area contributed by atoms with Gasteiger partial charge in [-0.3, -0.25) is 9.10 Å². The van der Waals surface area contributed by atoms with Crippen molar-refractivity contribution in [2.45, 2.75) is 18.8 Å². The van der Waals surface area contributed by atoms with Crippen molar-refractivity contribution < 1.29 is 22.1 Å². The van der Waals surface area contributed by atoms with Gasteiger partial charge in [-0.05, 0) is 31.0 Å². The number of benzene rings is 1. The molecule has 0 bridgehead atoms. The van der Waals surface area contributed by atoms with E-state index in [1.807, 2.05) is 0 Å². The van der Waals surface area contributed by atoms with E-state index in [-0.39, 0.29) is 17.2 Å². The molecule has 0 atom stereocenters. The van der Waals surface area contributed by atoms with Crippen LogP contribution in [0.15, 0.2) is 28.9 Å². The third kappa shape index (κ3) is 2.98. The number of carbonyl (C=O) groups is 1. The molecule has 0 spiro atoms. The lowest BCUT2D eigenvalue weighted by atomic mass is 10.0. The highest BCUT2D eigenvalue weighted by molar-refractivity contribution is 7.92. The summed E-state index contributed by atoms with van der Waals surface area (Å²) in [5.41, 5.74) is 0.368. The van der Waals surface area contributed by atoms with Gasteiger partial charge >= 0.3 is 0 Å². The van der Waals surface area contributed by atoms with Gasteiger partial charge < -0.3 is 4.52 Å². The fraction of sp³-hybridized carbons (Fsp3) is 0.333. The van der Waals surface area contributed by atoms with E-state index in [1.54, 1.807) is 0 Å². The zero-order valence-corrected chi connectivity index (χ0v) is 13.4. The van der Waals surface area contributed by atoms with Gasteiger partial charge in [0.2, 0.25) is 10.0 Å². The summed E-state index contributed by atoms with van der Waals surface area (Å²) in [5.74, 6) is -0.376. The maximum Gasteiger partial charge on any atom is 0.232 e. The van der Waals surface area contributed by atoms with Crippen LogP contribution in [-0.4, -0.2) is 32.7 Å². The number of aromatic nitrogens is 1. The van der Waals surface area contributed by atoms with Gasteiger partial charge in [0.1, 0.15) is 5.82 Å². The van der Waals surface area contributed by atoms with E-state index in [2.05, 4.69) is 5.16 Å². The molecule has 0 radical (unpaired) electrons. The molecule has 1 saturated carbocycles. The number of anilines is 1. The Morgan fingerprint density at radius 3 is 2.65 bits per heavy atom. The molecule has 1 aromatic carbocycles. The summed E-state index contributed by atoms with van der Waals surface area (Å²) in [5, 5.41) is 3.67. The first-order valence-electron chi connectivity index (χ1n) is 7.01. The first-order chi connectivity index (χ1) is 10.8. The molecule has 1 aromatic heterocycles. The predicted octanol–water partition coefficient (Wildman–Crippen LogP) is 2.32. The maximum atomic E-state index is 13.6. The highest BCUT2D eigenvalue weighted by atomic mass is 32.2. The molecule has 8 heteroatoms. The molecule has 0 saturated heterocycles. The van der Waals surface area contributed by atoms with Crippen LogP contribution < -0.4 is 4.31 Å². The molecule has 0 unspecified atom stereocenters. The van der Waals surface area contributed by atoms with Gasteiger partial charge in [-0.1, -0.05) is 5.16 Å². The first-order valence-corrected chi connectivity index (χ1v) is 8.86. The molecule has 1 fully saturated rings. The van der Waals surface area contributed by atoms with Gasteiger partial charge in [0.05, 0.1) is 23.7 Å². The molecule has 2 aromatic rings. The normalized spacial score (nSPS) is 14.7. The average Bonchev–Trinajstić information content (AvgIpc) is 3.22. The van der Waals surface area contributed by atoms with Gasteiger partial charge in [0.25, 0.3) is 0 Å². The number of rotatable bonds is 5. The Labute approximate surface area is 132 Å². The monoisotopic (exact) mass is 338 g/mol. The highest BCUT2D eigenvalue weighted by Gasteiger charge is 2.33. The van der Waals surface area contributed by atoms with Crippen molar-refractivity contribution in [2.24, 2.45) is 0 Å². The molecule has 0 amide bonds. The van der Waals surface area contributed by atoms with Crippen molar-refractivity contribution in [3.63, 3.8) is 0 Å². The van der Waals surface area contributed by atoms with E-state index in [9.17, 15) is 17.6 Å². The molecule has 0 N–H and O–H groups in total. The molecule has 6 nitrogen and oxygen atoms in total. The number of carbonyl (C=O) groups excluding carboxylic acids is 1. The molecule has 23 heavy (non-hydrogen) atoms. The third-order valence-electron chi connectivity index (χ3n) is 3.83. The summed E-state index contributed by atoms with van der Waals surface area (Å²) < 4.78 is 43.1. The van der Waals surface area contributed by atoms with Crippen LogP contribution >= 0.6 is 0 Å². The quantitative estimate of drug-likeness (QED) is 0.782. The van der Waals surface area contributed by atoms with Crippen LogP contribution in [0.3, 0.4) is 0 Å². The number of sulfonamides is 1. The minimum Gasteiger partial charge on any atom is -0.360 e. The van der Waals surface area contributed by atoms with Gasteiger partial charge in [-0.15, -0.1) is 0 Å². The molecule has 0 aliphatic heterocycles. The lowest BCUT2D eigenvalue weighted by Crippen LogP contribution is -2.27. The minimum atomic E-state index is -3.64. The van der Waals surface area contributed by atoms with E-state index < -0.39 is 21.6 Å². The van der Waals surface area contributed by atoms with Crippen molar-refractivity contribution in [1.82, 2.24) is 5.16 Å². The third-order valence-corrected chi connectivity index (χ3v) is 5.02. The summed E-state index contributed by atoms with van der Waals surface area (Å²) in [4.78, 5) is 12.8. The highest BCUT2D eigenvalue weighted by Crippen LogP contribution is 2.42. The first kappa shape index (κ1) is 15.7. The van der Waals surface area contributed by atoms with Crippen LogP contribution in [0.5, 0.6) is 0 Å². The fourth-order valence-corrected chi connectivity index (χ4v) is 2.85. The van der Waals surface area contributed by atoms with Crippen molar-refractivity contribution >= 4 is 21.5 Å². The van der Waals surface area contributed by atoms with Crippen LogP contribution in [0, 0.1) is 5.82 Å². The summed E-state index contributed by atoms with van der Waals surface area (Å²) in [6.07, 6.45) is 4.16. The maximum absolute atomic E-state index is 13.6. The number of halogens is 1. The van der Waals surface area contributed by atoms with Gasteiger partial charge in [0.15, 0.2) is 11.5 Å². The molecule has 1 heterocycles. The number of hydrogen-bond acceptors (Lipinski definition) is 5. The summed E-state index contributed by atoms with van der Waals surface area (Å²) in [6, 6.07) is 3.42. The van der Waals surface area contributed by atoms with Gasteiger partial charge in [-0.2, -0.15) is 0 Å². The average molecular weight is 338 g/mol. The van der Waals surface area contributed by atoms with Crippen molar-refractivity contribution in [3.05, 3.63) is 47.1 Å². The molecular weight excluding hydrogens is 323 g/mol. The van der Waals surface area contributed by atoms with E-state index >= 15 is 0 Å². The Hall–Kier alpha value is -2.22. The molecular formula is C15H15FN2O4S. The number of ketones is 1. The number of nitrogens with zero attached hydrogens (tertiary/aromatic N) is 2. The Morgan fingerprint density at radius 1 is 1.35 bits per heavy atom. The Bertz CT molecular complexity index is 871. The van der Waals surface area contributed by atoms with E-state index in [0.29, 0.717) is 11.3 Å². The second-order valence-corrected chi connectivity index (χ2v) is 7.61. The lowest BCUT2D eigenvalue weighted by molar-refractivity contribution is 0.103. The molecule has 122 valence electrons. The van der Waals surface area contributed by atoms with E-state index in [4.69, 9.17) is 4.52 Å². The minimum absolute atomic E-state index is 0.0135. The molecule has 1 aliphatic rings. The Morgan fingerprint density at radius 2 is 2.04 bits per heavy atom. The van der Waals surface area contributed by atoms with Crippen LogP contribution in [0.4, 0.5) is 10.1 Å². The second kappa shape index (κ2) is 5.45. The van der Waals surface area contributed by atoms with Crippen molar-refractivity contribution in [3.8, 4) is 0 Å². The van der Waals surface area contributed by atoms with Crippen LogP contribution in [-0.2, 0) is 10.0 Å². The lowest BCUT2D eigenvalue weighted by Gasteiger charge is -2.19. The molecule has 1 aliphatic carbocycles. The van der Waals surface area contributed by atoms with E-state index in [1.165, 1.54) is 19.3 Å². The smallest absolute Gasteiger partial charge is 0.232 e. The standard InChI is InChI=1S/C15H15FN2O4S/c1-18(23(2,20)21)13-7-10(16)5-6-11(13)14(19)12-8-17-22-15(12)9-3-4-9/h5-9H,3-4H2,1-2H3. The second-order valence-electron chi connectivity index (χ2n) is 5.60. The summed E-state index contributed by atoms with van der Waals surface area (Å²) >= 11 is 0. The van der Waals surface area contributed by atoms with Crippen LogP contribution in [0.25, 0.3) is 0 Å². The zero-order chi connectivity index (χ0) is 16.8. The SMILES string of the molecule is CN(c1cc(F)ccc1C(=O)c1cnoc1C1CC1)S(C)(=O)=O. The van der Waals surface area contributed by atoms with Crippen LogP contribution in [0.1, 0.15) is 40.4 Å². The summed E-state index contributed by atoms with van der Waals surface area (Å²) in [6.45, 7) is 0. The zero-order valence-electron chi connectivity index (χ0n) is 12.6. The Kier molecular flexibility index (Phi) is 3.71. The fourth-order valence-electron chi connectivity index (χ4n) is 2.34. The predicted molar refractivity (Wildman–Crippen MR) is 81.6 cm³/mol. The van der Waals surface area contributed by atoms with Gasteiger partial charge in [0, 0.05) is 18.5 Å². The topological polar surface area (TPSA) is 80.5 Å². The van der Waals surface area contributed by atoms with E-state index in [0.717, 1.165) is 35.5 Å². The Balaban J connectivity index is 2.09. The van der Waals surface area contributed by atoms with Crippen LogP contribution in [0.2, 0.25) is 0 Å². The van der Waals surface area contributed by atoms with Gasteiger partial charge in [-0.25, -0.2) is 12.8 Å². The molecule has 3 rings (SSSR count). The van der Waals surface area contributed by atoms with Crippen molar-refractivity contribution in [1.29, 1.82) is 0 Å². The largest absolute Gasteiger partial charge is 0.360 e. The number of hydrogen-bond donors (Lipinski definition) is 0.